The lowest BCUT2D eigenvalue weighted by atomic mass is 10.2. The van der Waals surface area contributed by atoms with E-state index in [-0.39, 0.29) is 17.9 Å². The van der Waals surface area contributed by atoms with Gasteiger partial charge in [0.25, 0.3) is 0 Å². The Bertz CT molecular complexity index is 467. The molecule has 1 aliphatic heterocycles. The highest BCUT2D eigenvalue weighted by Gasteiger charge is 2.41. The second-order valence-electron chi connectivity index (χ2n) is 4.43. The number of amides is 2. The molecule has 110 valence electrons. The summed E-state index contributed by atoms with van der Waals surface area (Å²) in [6.07, 6.45) is 3.03. The smallest absolute Gasteiger partial charge is 0.327 e. The summed E-state index contributed by atoms with van der Waals surface area (Å²) in [6, 6.07) is -1.15. The van der Waals surface area contributed by atoms with Crippen LogP contribution in [-0.4, -0.2) is 54.4 Å². The van der Waals surface area contributed by atoms with Gasteiger partial charge in [0.05, 0.1) is 11.9 Å². The standard InChI is InChI=1S/C11H17N5O3S/c1-2-3-9-16(7(5-20-9)10(17)18)11(19)12-4-8-13-6-14-15-8/h6-7,9H,2-5H2,1H3,(H,12,19)(H,17,18)(H,13,14,15). The van der Waals surface area contributed by atoms with Crippen LogP contribution >= 0.6 is 11.8 Å². The van der Waals surface area contributed by atoms with Gasteiger partial charge in [-0.2, -0.15) is 5.10 Å². The van der Waals surface area contributed by atoms with Crippen molar-refractivity contribution in [3.05, 3.63) is 12.2 Å². The lowest BCUT2D eigenvalue weighted by Crippen LogP contribution is -2.50. The predicted molar refractivity (Wildman–Crippen MR) is 73.0 cm³/mol. The molecule has 0 aromatic carbocycles. The Morgan fingerprint density at radius 2 is 2.45 bits per heavy atom. The summed E-state index contributed by atoms with van der Waals surface area (Å²) in [6.45, 7) is 2.21. The molecule has 1 fully saturated rings. The number of carboxylic acid groups (broad SMARTS) is 1. The van der Waals surface area contributed by atoms with Crippen LogP contribution in [0.2, 0.25) is 0 Å². The first-order valence-corrected chi connectivity index (χ1v) is 7.43. The molecule has 3 N–H and O–H groups in total. The summed E-state index contributed by atoms with van der Waals surface area (Å²) in [4.78, 5) is 28.8. The maximum absolute atomic E-state index is 12.2. The molecule has 9 heteroatoms. The number of aromatic amines is 1. The van der Waals surface area contributed by atoms with Crippen molar-refractivity contribution in [1.29, 1.82) is 0 Å². The number of H-pyrrole nitrogens is 1. The van der Waals surface area contributed by atoms with Gasteiger partial charge in [0, 0.05) is 5.75 Å². The Hall–Kier alpha value is -1.77. The first-order valence-electron chi connectivity index (χ1n) is 6.38. The Kier molecular flexibility index (Phi) is 4.83. The van der Waals surface area contributed by atoms with E-state index in [0.717, 1.165) is 12.8 Å². The molecule has 0 bridgehead atoms. The van der Waals surface area contributed by atoms with E-state index in [1.165, 1.54) is 23.0 Å². The number of urea groups is 1. The average molecular weight is 299 g/mol. The fourth-order valence-electron chi connectivity index (χ4n) is 2.06. The van der Waals surface area contributed by atoms with Crippen molar-refractivity contribution in [2.45, 2.75) is 37.7 Å². The molecule has 2 heterocycles. The van der Waals surface area contributed by atoms with Crippen LogP contribution in [0.4, 0.5) is 4.79 Å². The average Bonchev–Trinajstić information content (AvgIpc) is 3.05. The Labute approximate surface area is 120 Å². The molecule has 2 atom stereocenters. The number of aromatic nitrogens is 3. The van der Waals surface area contributed by atoms with Crippen LogP contribution in [0.5, 0.6) is 0 Å². The zero-order chi connectivity index (χ0) is 14.5. The number of nitrogens with one attached hydrogen (secondary N) is 2. The first kappa shape index (κ1) is 14.6. The quantitative estimate of drug-likeness (QED) is 0.736. The molecular weight excluding hydrogens is 282 g/mol. The van der Waals surface area contributed by atoms with Gasteiger partial charge in [-0.25, -0.2) is 14.6 Å². The minimum absolute atomic E-state index is 0.0872. The molecule has 8 nitrogen and oxygen atoms in total. The number of hydrogen-bond acceptors (Lipinski definition) is 5. The molecule has 0 spiro atoms. The van der Waals surface area contributed by atoms with E-state index in [0.29, 0.717) is 11.6 Å². The van der Waals surface area contributed by atoms with Crippen LogP contribution < -0.4 is 5.32 Å². The van der Waals surface area contributed by atoms with E-state index in [1.54, 1.807) is 0 Å². The number of rotatable bonds is 5. The Morgan fingerprint density at radius 3 is 3.05 bits per heavy atom. The van der Waals surface area contributed by atoms with Gasteiger partial charge >= 0.3 is 12.0 Å². The van der Waals surface area contributed by atoms with Crippen LogP contribution in [0.3, 0.4) is 0 Å². The molecule has 2 amide bonds. The van der Waals surface area contributed by atoms with E-state index in [4.69, 9.17) is 0 Å². The van der Waals surface area contributed by atoms with Gasteiger partial charge in [-0.15, -0.1) is 11.8 Å². The van der Waals surface area contributed by atoms with E-state index >= 15 is 0 Å². The minimum Gasteiger partial charge on any atom is -0.480 e. The van der Waals surface area contributed by atoms with Crippen molar-refractivity contribution in [3.8, 4) is 0 Å². The van der Waals surface area contributed by atoms with E-state index in [1.807, 2.05) is 6.92 Å². The second kappa shape index (κ2) is 6.60. The van der Waals surface area contributed by atoms with Gasteiger partial charge in [0.15, 0.2) is 0 Å². The molecule has 0 saturated carbocycles. The number of carbonyl (C=O) groups excluding carboxylic acids is 1. The molecule has 2 rings (SSSR count). The number of aliphatic carboxylic acids is 1. The van der Waals surface area contributed by atoms with E-state index in [2.05, 4.69) is 20.5 Å². The highest BCUT2D eigenvalue weighted by atomic mass is 32.2. The number of hydrogen-bond donors (Lipinski definition) is 3. The fraction of sp³-hybridized carbons (Fsp3) is 0.636. The van der Waals surface area contributed by atoms with Crippen LogP contribution in [0, 0.1) is 0 Å². The molecule has 1 aliphatic rings. The van der Waals surface area contributed by atoms with Crippen molar-refractivity contribution in [2.75, 3.05) is 5.75 Å². The molecular formula is C11H17N5O3S. The second-order valence-corrected chi connectivity index (χ2v) is 5.64. The van der Waals surface area contributed by atoms with E-state index < -0.39 is 12.0 Å². The normalized spacial score (nSPS) is 21.9. The van der Waals surface area contributed by atoms with Crippen molar-refractivity contribution < 1.29 is 14.7 Å². The highest BCUT2D eigenvalue weighted by molar-refractivity contribution is 8.00. The minimum atomic E-state index is -0.967. The zero-order valence-corrected chi connectivity index (χ0v) is 11.9. The van der Waals surface area contributed by atoms with Crippen LogP contribution in [0.15, 0.2) is 6.33 Å². The molecule has 0 aliphatic carbocycles. The van der Waals surface area contributed by atoms with Gasteiger partial charge in [0.1, 0.15) is 18.2 Å². The third-order valence-electron chi connectivity index (χ3n) is 3.02. The monoisotopic (exact) mass is 299 g/mol. The third kappa shape index (κ3) is 3.21. The SMILES string of the molecule is CCCC1SCC(C(=O)O)N1C(=O)NCc1ncn[nH]1. The first-order chi connectivity index (χ1) is 9.63. The van der Waals surface area contributed by atoms with Gasteiger partial charge in [-0.3, -0.25) is 10.00 Å². The molecule has 2 unspecified atom stereocenters. The topological polar surface area (TPSA) is 111 Å². The van der Waals surface area contributed by atoms with Gasteiger partial charge in [0.2, 0.25) is 0 Å². The van der Waals surface area contributed by atoms with E-state index in [9.17, 15) is 14.7 Å². The summed E-state index contributed by atoms with van der Waals surface area (Å²) in [5, 5.41) is 18.1. The Balaban J connectivity index is 2.00. The summed E-state index contributed by atoms with van der Waals surface area (Å²) >= 11 is 1.51. The van der Waals surface area contributed by atoms with Crippen LogP contribution in [0.1, 0.15) is 25.6 Å². The van der Waals surface area contributed by atoms with Crippen molar-refractivity contribution in [2.24, 2.45) is 0 Å². The number of thioether (sulfide) groups is 1. The zero-order valence-electron chi connectivity index (χ0n) is 11.1. The van der Waals surface area contributed by atoms with Gasteiger partial charge in [-0.05, 0) is 6.42 Å². The fourth-order valence-corrected chi connectivity index (χ4v) is 3.58. The van der Waals surface area contributed by atoms with Gasteiger partial charge < -0.3 is 10.4 Å². The van der Waals surface area contributed by atoms with Crippen molar-refractivity contribution in [1.82, 2.24) is 25.4 Å². The summed E-state index contributed by atoms with van der Waals surface area (Å²) in [5.41, 5.74) is 0. The molecule has 20 heavy (non-hydrogen) atoms. The van der Waals surface area contributed by atoms with Gasteiger partial charge in [-0.1, -0.05) is 13.3 Å². The van der Waals surface area contributed by atoms with Crippen LogP contribution in [-0.2, 0) is 11.3 Å². The molecule has 1 aromatic heterocycles. The summed E-state index contributed by atoms with van der Waals surface area (Å²) in [7, 11) is 0. The third-order valence-corrected chi connectivity index (χ3v) is 4.38. The molecule has 1 aromatic rings. The lowest BCUT2D eigenvalue weighted by Gasteiger charge is -2.27. The number of carboxylic acids is 1. The van der Waals surface area contributed by atoms with Crippen molar-refractivity contribution in [3.63, 3.8) is 0 Å². The molecule has 1 saturated heterocycles. The maximum Gasteiger partial charge on any atom is 0.327 e. The lowest BCUT2D eigenvalue weighted by molar-refractivity contribution is -0.141. The molecule has 0 radical (unpaired) electrons. The highest BCUT2D eigenvalue weighted by Crippen LogP contribution is 2.32. The summed E-state index contributed by atoms with van der Waals surface area (Å²) < 4.78 is 0. The largest absolute Gasteiger partial charge is 0.480 e. The number of nitrogens with zero attached hydrogens (tertiary/aromatic N) is 3. The van der Waals surface area contributed by atoms with Crippen molar-refractivity contribution >= 4 is 23.8 Å². The Morgan fingerprint density at radius 1 is 1.65 bits per heavy atom. The number of carbonyl (C=O) groups is 2. The summed E-state index contributed by atoms with van der Waals surface area (Å²) in [5.74, 6) is -0.00884. The maximum atomic E-state index is 12.2. The predicted octanol–water partition coefficient (Wildman–Crippen LogP) is 0.642. The van der Waals surface area contributed by atoms with Crippen LogP contribution in [0.25, 0.3) is 0 Å².